The molecule has 4 heteroatoms. The summed E-state index contributed by atoms with van der Waals surface area (Å²) < 4.78 is 0. The monoisotopic (exact) mass is 190 g/mol. The number of rotatable bonds is 0. The van der Waals surface area contributed by atoms with Gasteiger partial charge in [0.25, 0.3) is 5.56 Å². The van der Waals surface area contributed by atoms with Crippen LogP contribution >= 0.6 is 0 Å². The maximum Gasteiger partial charge on any atom is 0.326 e. The van der Waals surface area contributed by atoms with Gasteiger partial charge in [-0.15, -0.1) is 0 Å². The van der Waals surface area contributed by atoms with Crippen molar-refractivity contribution in [3.63, 3.8) is 0 Å². The fourth-order valence-corrected chi connectivity index (χ4v) is 1.46. The summed E-state index contributed by atoms with van der Waals surface area (Å²) in [6.45, 7) is 1.99. The highest BCUT2D eigenvalue weighted by Crippen LogP contribution is 1.98. The highest BCUT2D eigenvalue weighted by Gasteiger charge is 1.99. The van der Waals surface area contributed by atoms with E-state index < -0.39 is 5.69 Å². The zero-order valence-corrected chi connectivity index (χ0v) is 7.70. The molecule has 4 nitrogen and oxygen atoms in total. The van der Waals surface area contributed by atoms with Crippen LogP contribution in [0.2, 0.25) is 0 Å². The molecule has 1 atom stereocenters. The number of hydrogen-bond acceptors (Lipinski definition) is 2. The van der Waals surface area contributed by atoms with Crippen molar-refractivity contribution in [3.05, 3.63) is 43.6 Å². The maximum atomic E-state index is 11.4. The number of aromatic nitrogens is 2. The summed E-state index contributed by atoms with van der Waals surface area (Å²) in [6.07, 6.45) is 7.33. The van der Waals surface area contributed by atoms with Crippen LogP contribution in [-0.2, 0) is 0 Å². The zero-order chi connectivity index (χ0) is 10.1. The molecule has 1 unspecified atom stereocenters. The van der Waals surface area contributed by atoms with E-state index in [9.17, 15) is 9.59 Å². The Labute approximate surface area is 79.3 Å². The van der Waals surface area contributed by atoms with Crippen molar-refractivity contribution in [3.8, 4) is 0 Å². The van der Waals surface area contributed by atoms with Gasteiger partial charge in [0.15, 0.2) is 0 Å². The van der Waals surface area contributed by atoms with E-state index in [4.69, 9.17) is 0 Å². The molecule has 1 heterocycles. The molecule has 0 fully saturated rings. The van der Waals surface area contributed by atoms with Crippen LogP contribution in [-0.4, -0.2) is 9.97 Å². The summed E-state index contributed by atoms with van der Waals surface area (Å²) in [4.78, 5) is 27.2. The van der Waals surface area contributed by atoms with E-state index >= 15 is 0 Å². The van der Waals surface area contributed by atoms with Crippen LogP contribution in [0.5, 0.6) is 0 Å². The molecule has 0 saturated carbocycles. The van der Waals surface area contributed by atoms with E-state index in [0.29, 0.717) is 10.6 Å². The van der Waals surface area contributed by atoms with Crippen molar-refractivity contribution >= 4 is 12.2 Å². The van der Waals surface area contributed by atoms with E-state index in [2.05, 4.69) is 9.97 Å². The van der Waals surface area contributed by atoms with Crippen molar-refractivity contribution in [2.24, 2.45) is 5.92 Å². The summed E-state index contributed by atoms with van der Waals surface area (Å²) in [5.74, 6) is 0.213. The van der Waals surface area contributed by atoms with Gasteiger partial charge in [0.1, 0.15) is 0 Å². The molecule has 14 heavy (non-hydrogen) atoms. The first kappa shape index (κ1) is 8.74. The summed E-state index contributed by atoms with van der Waals surface area (Å²) in [5, 5.41) is 1.10. The van der Waals surface area contributed by atoms with Gasteiger partial charge in [-0.25, -0.2) is 4.79 Å². The Morgan fingerprint density at radius 2 is 2.07 bits per heavy atom. The van der Waals surface area contributed by atoms with Gasteiger partial charge in [0, 0.05) is 0 Å². The SMILES string of the molecule is CC1C=CC=c2c(=O)[nH]c(=O)[nH]c2=C1. The van der Waals surface area contributed by atoms with E-state index in [1.807, 2.05) is 25.2 Å². The number of H-pyrrole nitrogens is 2. The minimum Gasteiger partial charge on any atom is -0.307 e. The van der Waals surface area contributed by atoms with Crippen molar-refractivity contribution in [1.82, 2.24) is 9.97 Å². The minimum atomic E-state index is -0.465. The highest BCUT2D eigenvalue weighted by molar-refractivity contribution is 5.43. The standard InChI is InChI=1S/C10H10N2O2/c1-6-3-2-4-7-8(5-6)11-10(14)12-9(7)13/h2-6H,1H3,(H2,11,12,13,14). The van der Waals surface area contributed by atoms with Crippen LogP contribution in [0.25, 0.3) is 12.2 Å². The Hall–Kier alpha value is -1.84. The van der Waals surface area contributed by atoms with Crippen molar-refractivity contribution in [1.29, 1.82) is 0 Å². The molecular weight excluding hydrogens is 180 g/mol. The quantitative estimate of drug-likeness (QED) is 0.541. The number of allylic oxidation sites excluding steroid dienone is 2. The van der Waals surface area contributed by atoms with Crippen LogP contribution in [0.4, 0.5) is 0 Å². The Morgan fingerprint density at radius 3 is 2.86 bits per heavy atom. The zero-order valence-electron chi connectivity index (χ0n) is 7.70. The average Bonchev–Trinajstić information content (AvgIpc) is 2.25. The third-order valence-corrected chi connectivity index (χ3v) is 2.12. The first-order chi connectivity index (χ1) is 6.66. The fourth-order valence-electron chi connectivity index (χ4n) is 1.46. The molecule has 1 aliphatic rings. The first-order valence-electron chi connectivity index (χ1n) is 4.40. The second kappa shape index (κ2) is 3.14. The molecule has 0 aliphatic heterocycles. The molecular formula is C10H10N2O2. The third kappa shape index (κ3) is 1.46. The summed E-state index contributed by atoms with van der Waals surface area (Å²) >= 11 is 0. The molecule has 72 valence electrons. The lowest BCUT2D eigenvalue weighted by Crippen LogP contribution is -2.48. The summed E-state index contributed by atoms with van der Waals surface area (Å²) in [5.41, 5.74) is -0.814. The van der Waals surface area contributed by atoms with Gasteiger partial charge in [-0.1, -0.05) is 25.2 Å². The van der Waals surface area contributed by atoms with Crippen LogP contribution < -0.4 is 21.8 Å². The second-order valence-electron chi connectivity index (χ2n) is 3.31. The molecule has 2 N–H and O–H groups in total. The Bertz CT molecular complexity index is 604. The molecule has 0 radical (unpaired) electrons. The normalized spacial score (nSPS) is 19.1. The van der Waals surface area contributed by atoms with Crippen molar-refractivity contribution in [2.75, 3.05) is 0 Å². The lowest BCUT2D eigenvalue weighted by Gasteiger charge is -1.93. The third-order valence-electron chi connectivity index (χ3n) is 2.12. The topological polar surface area (TPSA) is 65.7 Å². The maximum absolute atomic E-state index is 11.4. The van der Waals surface area contributed by atoms with Gasteiger partial charge in [-0.2, -0.15) is 0 Å². The number of nitrogens with one attached hydrogen (secondary N) is 2. The summed E-state index contributed by atoms with van der Waals surface area (Å²) in [7, 11) is 0. The number of aromatic amines is 2. The average molecular weight is 190 g/mol. The van der Waals surface area contributed by atoms with Crippen LogP contribution in [0.15, 0.2) is 21.7 Å². The van der Waals surface area contributed by atoms with Crippen molar-refractivity contribution in [2.45, 2.75) is 6.92 Å². The number of fused-ring (bicyclic) bond motifs is 1. The Kier molecular flexibility index (Phi) is 1.96. The smallest absolute Gasteiger partial charge is 0.307 e. The molecule has 0 saturated heterocycles. The fraction of sp³-hybridized carbons (Fsp3) is 0.200. The molecule has 1 aromatic rings. The minimum absolute atomic E-state index is 0.213. The molecule has 0 aromatic carbocycles. The first-order valence-corrected chi connectivity index (χ1v) is 4.40. The number of hydrogen-bond donors (Lipinski definition) is 2. The van der Waals surface area contributed by atoms with Gasteiger partial charge < -0.3 is 4.98 Å². The van der Waals surface area contributed by atoms with Crippen molar-refractivity contribution < 1.29 is 0 Å². The highest BCUT2D eigenvalue weighted by atomic mass is 16.2. The second-order valence-corrected chi connectivity index (χ2v) is 3.31. The molecule has 2 rings (SSSR count). The van der Waals surface area contributed by atoms with E-state index in [-0.39, 0.29) is 11.5 Å². The molecule has 1 aliphatic carbocycles. The largest absolute Gasteiger partial charge is 0.326 e. The van der Waals surface area contributed by atoms with Gasteiger partial charge in [-0.05, 0) is 12.0 Å². The van der Waals surface area contributed by atoms with Gasteiger partial charge in [0.05, 0.1) is 10.6 Å². The molecule has 1 aromatic heterocycles. The van der Waals surface area contributed by atoms with E-state index in [1.54, 1.807) is 6.08 Å². The predicted molar refractivity (Wildman–Crippen MR) is 54.2 cm³/mol. The predicted octanol–water partition coefficient (Wildman–Crippen LogP) is -1.17. The van der Waals surface area contributed by atoms with E-state index in [0.717, 1.165) is 0 Å². The van der Waals surface area contributed by atoms with Gasteiger partial charge in [-0.3, -0.25) is 9.78 Å². The van der Waals surface area contributed by atoms with Gasteiger partial charge in [0.2, 0.25) is 0 Å². The van der Waals surface area contributed by atoms with Crippen LogP contribution in [0.1, 0.15) is 6.92 Å². The lowest BCUT2D eigenvalue weighted by atomic mass is 10.1. The summed E-state index contributed by atoms with van der Waals surface area (Å²) in [6, 6.07) is 0. The van der Waals surface area contributed by atoms with E-state index in [1.165, 1.54) is 0 Å². The molecule has 0 spiro atoms. The van der Waals surface area contributed by atoms with Crippen LogP contribution in [0, 0.1) is 5.92 Å². The van der Waals surface area contributed by atoms with Crippen LogP contribution in [0.3, 0.4) is 0 Å². The molecule has 0 bridgehead atoms. The Balaban J connectivity index is 2.98. The Morgan fingerprint density at radius 1 is 1.29 bits per heavy atom. The lowest BCUT2D eigenvalue weighted by molar-refractivity contribution is 0.951. The molecule has 0 amide bonds. The van der Waals surface area contributed by atoms with Gasteiger partial charge >= 0.3 is 5.69 Å².